The topological polar surface area (TPSA) is 29.3 Å². The Labute approximate surface area is 96.2 Å². The van der Waals surface area contributed by atoms with E-state index in [1.165, 1.54) is 12.8 Å². The summed E-state index contributed by atoms with van der Waals surface area (Å²) in [5, 5.41) is 0. The summed E-state index contributed by atoms with van der Waals surface area (Å²) in [7, 11) is 1.96. The van der Waals surface area contributed by atoms with Crippen LogP contribution in [0.15, 0.2) is 18.2 Å². The number of anilines is 1. The van der Waals surface area contributed by atoms with Gasteiger partial charge >= 0.3 is 0 Å². The minimum atomic E-state index is -0.130. The van der Waals surface area contributed by atoms with Crippen molar-refractivity contribution in [2.45, 2.75) is 19.3 Å². The quantitative estimate of drug-likeness (QED) is 0.827. The summed E-state index contributed by atoms with van der Waals surface area (Å²) in [4.78, 5) is 2.01. The molecule has 2 N–H and O–H groups in total. The fourth-order valence-electron chi connectivity index (χ4n) is 1.97. The van der Waals surface area contributed by atoms with Gasteiger partial charge in [-0.15, -0.1) is 0 Å². The highest BCUT2D eigenvalue weighted by atomic mass is 19.1. The van der Waals surface area contributed by atoms with Crippen molar-refractivity contribution in [1.29, 1.82) is 0 Å². The Kier molecular flexibility index (Phi) is 3.44. The molecule has 0 bridgehead atoms. The average Bonchev–Trinajstić information content (AvgIpc) is 3.02. The van der Waals surface area contributed by atoms with Crippen LogP contribution in [-0.2, 0) is 6.42 Å². The van der Waals surface area contributed by atoms with Gasteiger partial charge in [-0.2, -0.15) is 0 Å². The van der Waals surface area contributed by atoms with Gasteiger partial charge in [-0.1, -0.05) is 6.07 Å². The van der Waals surface area contributed by atoms with Crippen LogP contribution < -0.4 is 10.6 Å². The lowest BCUT2D eigenvalue weighted by atomic mass is 10.1. The van der Waals surface area contributed by atoms with E-state index in [-0.39, 0.29) is 5.82 Å². The van der Waals surface area contributed by atoms with E-state index in [1.54, 1.807) is 6.07 Å². The van der Waals surface area contributed by atoms with Crippen molar-refractivity contribution in [2.24, 2.45) is 11.7 Å². The summed E-state index contributed by atoms with van der Waals surface area (Å²) in [6.07, 6.45) is 3.32. The summed E-state index contributed by atoms with van der Waals surface area (Å²) >= 11 is 0. The molecule has 2 rings (SSSR count). The molecule has 1 fully saturated rings. The molecule has 1 aliphatic rings. The van der Waals surface area contributed by atoms with Crippen LogP contribution in [0.4, 0.5) is 10.1 Å². The summed E-state index contributed by atoms with van der Waals surface area (Å²) in [5.74, 6) is 0.641. The maximum absolute atomic E-state index is 13.8. The predicted octanol–water partition coefficient (Wildman–Crippen LogP) is 2.17. The van der Waals surface area contributed by atoms with Gasteiger partial charge in [-0.25, -0.2) is 4.39 Å². The van der Waals surface area contributed by atoms with Gasteiger partial charge in [0.25, 0.3) is 0 Å². The third kappa shape index (κ3) is 2.73. The first-order valence-corrected chi connectivity index (χ1v) is 5.90. The molecule has 0 spiro atoms. The number of hydrogen-bond acceptors (Lipinski definition) is 2. The van der Waals surface area contributed by atoms with Crippen LogP contribution in [0.2, 0.25) is 0 Å². The lowest BCUT2D eigenvalue weighted by Gasteiger charge is -2.20. The van der Waals surface area contributed by atoms with E-state index in [4.69, 9.17) is 5.73 Å². The molecule has 1 aliphatic carbocycles. The molecule has 0 heterocycles. The Morgan fingerprint density at radius 2 is 2.19 bits per heavy atom. The summed E-state index contributed by atoms with van der Waals surface area (Å²) in [6.45, 7) is 1.53. The molecule has 0 unspecified atom stereocenters. The number of benzene rings is 1. The third-order valence-electron chi connectivity index (χ3n) is 3.09. The van der Waals surface area contributed by atoms with Crippen molar-refractivity contribution >= 4 is 5.69 Å². The van der Waals surface area contributed by atoms with E-state index in [0.29, 0.717) is 12.2 Å². The van der Waals surface area contributed by atoms with Crippen molar-refractivity contribution in [1.82, 2.24) is 0 Å². The number of nitrogens with two attached hydrogens (primary N) is 1. The highest BCUT2D eigenvalue weighted by molar-refractivity contribution is 5.48. The van der Waals surface area contributed by atoms with Crippen molar-refractivity contribution in [2.75, 3.05) is 25.0 Å². The first kappa shape index (κ1) is 11.4. The second-order valence-electron chi connectivity index (χ2n) is 4.65. The van der Waals surface area contributed by atoms with Gasteiger partial charge in [0.1, 0.15) is 5.82 Å². The van der Waals surface area contributed by atoms with E-state index >= 15 is 0 Å². The molecule has 1 saturated carbocycles. The molecular formula is C13H19FN2. The second kappa shape index (κ2) is 4.83. The van der Waals surface area contributed by atoms with Crippen LogP contribution in [0.3, 0.4) is 0 Å². The zero-order valence-electron chi connectivity index (χ0n) is 9.75. The molecule has 1 aromatic carbocycles. The zero-order valence-corrected chi connectivity index (χ0v) is 9.75. The van der Waals surface area contributed by atoms with Crippen LogP contribution >= 0.6 is 0 Å². The summed E-state index contributed by atoms with van der Waals surface area (Å²) in [5.41, 5.74) is 7.13. The number of rotatable bonds is 5. The minimum Gasteiger partial charge on any atom is -0.372 e. The summed E-state index contributed by atoms with van der Waals surface area (Å²) in [6, 6.07) is 5.43. The normalized spacial score (nSPS) is 15.2. The minimum absolute atomic E-state index is 0.130. The molecule has 0 saturated heterocycles. The Hall–Kier alpha value is -1.09. The number of nitrogens with zero attached hydrogens (tertiary/aromatic N) is 1. The van der Waals surface area contributed by atoms with Gasteiger partial charge in [0, 0.05) is 13.6 Å². The van der Waals surface area contributed by atoms with Gasteiger partial charge in [0.05, 0.1) is 5.69 Å². The van der Waals surface area contributed by atoms with Crippen LogP contribution in [-0.4, -0.2) is 20.1 Å². The molecule has 3 heteroatoms. The highest BCUT2D eigenvalue weighted by Crippen LogP contribution is 2.31. The van der Waals surface area contributed by atoms with E-state index in [2.05, 4.69) is 0 Å². The lowest BCUT2D eigenvalue weighted by molar-refractivity contribution is 0.617. The SMILES string of the molecule is CN(CC1CC1)c1ccc(CCN)cc1F. The Balaban J connectivity index is 2.07. The molecule has 0 aliphatic heterocycles. The van der Waals surface area contributed by atoms with Crippen LogP contribution in [0.25, 0.3) is 0 Å². The maximum atomic E-state index is 13.8. The number of halogens is 1. The van der Waals surface area contributed by atoms with E-state index in [1.807, 2.05) is 24.1 Å². The molecular weight excluding hydrogens is 203 g/mol. The Bertz CT molecular complexity index is 361. The van der Waals surface area contributed by atoms with E-state index < -0.39 is 0 Å². The van der Waals surface area contributed by atoms with Crippen LogP contribution in [0, 0.1) is 11.7 Å². The monoisotopic (exact) mass is 222 g/mol. The van der Waals surface area contributed by atoms with Crippen molar-refractivity contribution in [3.8, 4) is 0 Å². The standard InChI is InChI=1S/C13H19FN2/c1-16(9-11-2-3-11)13-5-4-10(6-7-15)8-12(13)14/h4-5,8,11H,2-3,6-7,9,15H2,1H3. The second-order valence-corrected chi connectivity index (χ2v) is 4.65. The van der Waals surface area contributed by atoms with Crippen molar-refractivity contribution in [3.05, 3.63) is 29.6 Å². The molecule has 0 amide bonds. The number of hydrogen-bond donors (Lipinski definition) is 1. The fourth-order valence-corrected chi connectivity index (χ4v) is 1.97. The average molecular weight is 222 g/mol. The highest BCUT2D eigenvalue weighted by Gasteiger charge is 2.23. The molecule has 16 heavy (non-hydrogen) atoms. The summed E-state index contributed by atoms with van der Waals surface area (Å²) < 4.78 is 13.8. The van der Waals surface area contributed by atoms with Gasteiger partial charge in [0.2, 0.25) is 0 Å². The smallest absolute Gasteiger partial charge is 0.146 e. The largest absolute Gasteiger partial charge is 0.372 e. The predicted molar refractivity (Wildman–Crippen MR) is 65.2 cm³/mol. The zero-order chi connectivity index (χ0) is 11.5. The fraction of sp³-hybridized carbons (Fsp3) is 0.538. The van der Waals surface area contributed by atoms with Gasteiger partial charge in [-0.3, -0.25) is 0 Å². The third-order valence-corrected chi connectivity index (χ3v) is 3.09. The first-order valence-electron chi connectivity index (χ1n) is 5.90. The lowest BCUT2D eigenvalue weighted by Crippen LogP contribution is -2.21. The van der Waals surface area contributed by atoms with E-state index in [0.717, 1.165) is 24.4 Å². The Morgan fingerprint density at radius 3 is 2.75 bits per heavy atom. The molecule has 2 nitrogen and oxygen atoms in total. The van der Waals surface area contributed by atoms with Gasteiger partial charge in [-0.05, 0) is 49.4 Å². The first-order chi connectivity index (χ1) is 7.70. The molecule has 88 valence electrons. The Morgan fingerprint density at radius 1 is 1.44 bits per heavy atom. The molecule has 1 aromatic rings. The van der Waals surface area contributed by atoms with Gasteiger partial charge in [0.15, 0.2) is 0 Å². The molecule has 0 aromatic heterocycles. The maximum Gasteiger partial charge on any atom is 0.146 e. The van der Waals surface area contributed by atoms with Gasteiger partial charge < -0.3 is 10.6 Å². The van der Waals surface area contributed by atoms with E-state index in [9.17, 15) is 4.39 Å². The van der Waals surface area contributed by atoms with Crippen LogP contribution in [0.1, 0.15) is 18.4 Å². The van der Waals surface area contributed by atoms with Crippen molar-refractivity contribution < 1.29 is 4.39 Å². The molecule has 0 radical (unpaired) electrons. The molecule has 0 atom stereocenters. The van der Waals surface area contributed by atoms with Crippen LogP contribution in [0.5, 0.6) is 0 Å². The van der Waals surface area contributed by atoms with Crippen molar-refractivity contribution in [3.63, 3.8) is 0 Å².